The molecule has 14 heteroatoms. The lowest BCUT2D eigenvalue weighted by molar-refractivity contribution is -0.147. The van der Waals surface area contributed by atoms with Crippen molar-refractivity contribution < 1.29 is 37.3 Å². The Morgan fingerprint density at radius 2 is 1.83 bits per heavy atom. The highest BCUT2D eigenvalue weighted by Gasteiger charge is 2.46. The lowest BCUT2D eigenvalue weighted by Gasteiger charge is -2.44. The first-order chi connectivity index (χ1) is 22.1. The van der Waals surface area contributed by atoms with Crippen molar-refractivity contribution in [3.63, 3.8) is 0 Å². The molecule has 47 heavy (non-hydrogen) atoms. The zero-order valence-electron chi connectivity index (χ0n) is 26.9. The predicted molar refractivity (Wildman–Crippen MR) is 171 cm³/mol. The number of hydrogen-bond acceptors (Lipinski definition) is 9. The molecule has 1 unspecified atom stereocenters. The third-order valence-electron chi connectivity index (χ3n) is 9.52. The van der Waals surface area contributed by atoms with E-state index in [0.717, 1.165) is 16.7 Å². The second-order valence-electron chi connectivity index (χ2n) is 13.1. The van der Waals surface area contributed by atoms with Crippen molar-refractivity contribution in [3.8, 4) is 5.88 Å². The van der Waals surface area contributed by atoms with Crippen molar-refractivity contribution in [2.75, 3.05) is 19.8 Å². The predicted octanol–water partition coefficient (Wildman–Crippen LogP) is 6.70. The summed E-state index contributed by atoms with van der Waals surface area (Å²) in [6, 6.07) is 8.99. The van der Waals surface area contributed by atoms with Gasteiger partial charge in [-0.2, -0.15) is 4.31 Å². The van der Waals surface area contributed by atoms with E-state index in [-0.39, 0.29) is 29.5 Å². The molecule has 1 spiro atoms. The van der Waals surface area contributed by atoms with Gasteiger partial charge in [-0.1, -0.05) is 18.2 Å². The first kappa shape index (κ1) is 33.2. The number of halogens is 2. The lowest BCUT2D eigenvalue weighted by Crippen LogP contribution is -2.49. The molecule has 2 aliphatic heterocycles. The minimum atomic E-state index is -3.56. The summed E-state index contributed by atoms with van der Waals surface area (Å²) < 4.78 is 65.9. The molecule has 0 radical (unpaired) electrons. The maximum atomic E-state index is 13.6. The molecule has 4 aromatic rings. The number of aromatic nitrogens is 4. The summed E-state index contributed by atoms with van der Waals surface area (Å²) in [7, 11) is -3.56. The van der Waals surface area contributed by atoms with Crippen molar-refractivity contribution in [1.29, 1.82) is 0 Å². The van der Waals surface area contributed by atoms with Gasteiger partial charge in [0.15, 0.2) is 5.65 Å². The smallest absolute Gasteiger partial charge is 0.310 e. The third-order valence-corrected chi connectivity index (χ3v) is 11.4. The van der Waals surface area contributed by atoms with Gasteiger partial charge in [0.2, 0.25) is 11.7 Å². The van der Waals surface area contributed by atoms with Crippen molar-refractivity contribution in [3.05, 3.63) is 81.9 Å². The number of ether oxygens (including phenoxy) is 2. The molecule has 0 bridgehead atoms. The van der Waals surface area contributed by atoms with Gasteiger partial charge < -0.3 is 14.6 Å². The van der Waals surface area contributed by atoms with Gasteiger partial charge in [0.05, 0.1) is 25.2 Å². The number of fused-ring (bicyclic) bond motifs is 2. The average molecular weight is 672 g/mol. The van der Waals surface area contributed by atoms with Crippen LogP contribution in [0.3, 0.4) is 0 Å². The fraction of sp³-hybridized carbons (Fsp3) is 0.455. The van der Waals surface area contributed by atoms with Gasteiger partial charge >= 0.3 is 5.97 Å². The molecule has 0 aliphatic carbocycles. The highest BCUT2D eigenvalue weighted by molar-refractivity contribution is 8.22. The van der Waals surface area contributed by atoms with Crippen LogP contribution >= 0.6 is 10.8 Å². The summed E-state index contributed by atoms with van der Waals surface area (Å²) in [6.45, 7) is 9.98. The van der Waals surface area contributed by atoms with Crippen LogP contribution in [0, 0.1) is 26.2 Å². The Balaban J connectivity index is 1.46. The zero-order valence-corrected chi connectivity index (χ0v) is 27.7. The first-order valence-corrected chi connectivity index (χ1v) is 16.9. The number of pyridine rings is 2. The second kappa shape index (κ2) is 12.1. The van der Waals surface area contributed by atoms with Crippen LogP contribution in [0.1, 0.15) is 78.2 Å². The maximum absolute atomic E-state index is 13.6. The van der Waals surface area contributed by atoms with Crippen molar-refractivity contribution in [2.24, 2.45) is 5.41 Å². The van der Waals surface area contributed by atoms with Gasteiger partial charge in [-0.25, -0.2) is 13.8 Å². The van der Waals surface area contributed by atoms with E-state index in [9.17, 15) is 27.8 Å². The average Bonchev–Trinajstić information content (AvgIpc) is 3.43. The molecule has 5 heterocycles. The van der Waals surface area contributed by atoms with E-state index in [1.165, 1.54) is 10.6 Å². The molecule has 6 rings (SSSR count). The number of hydrogen-bond donors (Lipinski definition) is 3. The fourth-order valence-corrected chi connectivity index (χ4v) is 8.34. The molecule has 3 aromatic heterocycles. The van der Waals surface area contributed by atoms with Crippen LogP contribution in [-0.2, 0) is 16.1 Å². The van der Waals surface area contributed by atoms with Gasteiger partial charge in [-0.15, -0.1) is 21.0 Å². The molecule has 0 amide bonds. The van der Waals surface area contributed by atoms with Gasteiger partial charge in [-0.05, 0) is 80.1 Å². The maximum Gasteiger partial charge on any atom is 0.310 e. The van der Waals surface area contributed by atoms with Crippen molar-refractivity contribution in [1.82, 2.24) is 23.9 Å². The van der Waals surface area contributed by atoms with Crippen LogP contribution in [0.4, 0.5) is 8.78 Å². The molecular formula is C33H39F2N5O6S. The molecule has 11 nitrogen and oxygen atoms in total. The Hall–Kier alpha value is -3.69. The first-order valence-electron chi connectivity index (χ1n) is 15.4. The molecule has 3 N–H and O–H groups in total. The largest absolute Gasteiger partial charge is 0.481 e. The zero-order chi connectivity index (χ0) is 33.9. The Labute approximate surface area is 273 Å². The number of alkyl halides is 2. The molecule has 1 saturated heterocycles. The van der Waals surface area contributed by atoms with Crippen molar-refractivity contribution in [2.45, 2.75) is 76.8 Å². The summed E-state index contributed by atoms with van der Waals surface area (Å²) >= 11 is 0. The summed E-state index contributed by atoms with van der Waals surface area (Å²) in [4.78, 5) is 17.4. The molecule has 0 saturated carbocycles. The summed E-state index contributed by atoms with van der Waals surface area (Å²) in [5.74, 6) is -2.06. The molecule has 1 fully saturated rings. The number of nitrogens with zero attached hydrogens (tertiary/aromatic N) is 5. The normalized spacial score (nSPS) is 19.3. The molecule has 252 valence electrons. The van der Waals surface area contributed by atoms with E-state index >= 15 is 0 Å². The van der Waals surface area contributed by atoms with Gasteiger partial charge in [0.25, 0.3) is 6.43 Å². The standard InChI is InChI=1S/C33H39F2N5O6S/c1-19-14-25-30(36-16-19)46-33(9-12-45-13-10-33)18-39(47(25,43)44)17-23-15-22(7-6-20(23)2)26(32(4,5)31(41)42)24-8-11-40-28(21(24)3)37-38-29(40)27(34)35/h6-8,11,14-16,26-27,43-44H,9-10,12-13,17-18H2,1-5H3,(H,41,42). The summed E-state index contributed by atoms with van der Waals surface area (Å²) in [6.07, 6.45) is 1.35. The second-order valence-corrected chi connectivity index (χ2v) is 15.1. The van der Waals surface area contributed by atoms with E-state index in [1.54, 1.807) is 43.4 Å². The number of aliphatic carboxylic acids is 1. The van der Waals surface area contributed by atoms with E-state index < -0.39 is 45.9 Å². The highest BCUT2D eigenvalue weighted by atomic mass is 32.3. The van der Waals surface area contributed by atoms with Gasteiger partial charge in [0, 0.05) is 37.7 Å². The number of benzene rings is 1. The fourth-order valence-electron chi connectivity index (χ4n) is 6.66. The molecule has 2 aliphatic rings. The van der Waals surface area contributed by atoms with E-state index in [2.05, 4.69) is 15.2 Å². The number of carbonyl (C=O) groups is 1. The Bertz CT molecular complexity index is 1840. The van der Waals surface area contributed by atoms with Crippen LogP contribution in [0.5, 0.6) is 5.88 Å². The molecule has 1 atom stereocenters. The highest BCUT2D eigenvalue weighted by Crippen LogP contribution is 2.59. The van der Waals surface area contributed by atoms with Crippen LogP contribution < -0.4 is 4.74 Å². The SMILES string of the molecule is Cc1cnc2c(c1)S(O)(O)N(Cc1cc(C(c3ccn4c(C(F)F)nnc4c3C)C(C)(C)C(=O)O)ccc1C)CC1(CCOCC1)O2. The van der Waals surface area contributed by atoms with E-state index in [0.29, 0.717) is 42.7 Å². The lowest BCUT2D eigenvalue weighted by atomic mass is 9.70. The van der Waals surface area contributed by atoms with Crippen LogP contribution in [0.25, 0.3) is 5.65 Å². The topological polar surface area (TPSA) is 143 Å². The molecule has 1 aromatic carbocycles. The molecular weight excluding hydrogens is 632 g/mol. The summed E-state index contributed by atoms with van der Waals surface area (Å²) in [5.41, 5.74) is 2.33. The Kier molecular flexibility index (Phi) is 8.54. The van der Waals surface area contributed by atoms with E-state index in [4.69, 9.17) is 9.47 Å². The minimum Gasteiger partial charge on any atom is -0.481 e. The van der Waals surface area contributed by atoms with Gasteiger partial charge in [-0.3, -0.25) is 18.3 Å². The van der Waals surface area contributed by atoms with Gasteiger partial charge in [0.1, 0.15) is 10.5 Å². The minimum absolute atomic E-state index is 0.127. The number of rotatable bonds is 7. The van der Waals surface area contributed by atoms with Crippen molar-refractivity contribution >= 4 is 22.4 Å². The van der Waals surface area contributed by atoms with Crippen LogP contribution in [0.2, 0.25) is 0 Å². The number of aryl methyl sites for hydroxylation is 3. The number of carboxylic acids is 1. The Morgan fingerprint density at radius 3 is 2.51 bits per heavy atom. The number of carboxylic acid groups (broad SMARTS) is 1. The summed E-state index contributed by atoms with van der Waals surface area (Å²) in [5, 5.41) is 18.1. The van der Waals surface area contributed by atoms with Crippen LogP contribution in [0.15, 0.2) is 47.6 Å². The van der Waals surface area contributed by atoms with Crippen LogP contribution in [-0.4, -0.2) is 69.4 Å². The quantitative estimate of drug-likeness (QED) is 0.194. The third kappa shape index (κ3) is 5.86. The monoisotopic (exact) mass is 671 g/mol. The Morgan fingerprint density at radius 1 is 1.11 bits per heavy atom. The van der Waals surface area contributed by atoms with E-state index in [1.807, 2.05) is 32.0 Å².